The van der Waals surface area contributed by atoms with Crippen molar-refractivity contribution in [2.45, 2.75) is 34.2 Å². The number of carboxylic acid groups (broad SMARTS) is 1. The molecule has 0 spiro atoms. The quantitative estimate of drug-likeness (QED) is 0.319. The molecule has 0 atom stereocenters. The zero-order valence-electron chi connectivity index (χ0n) is 22.1. The van der Waals surface area contributed by atoms with Crippen LogP contribution in [-0.2, 0) is 11.3 Å². The van der Waals surface area contributed by atoms with Crippen LogP contribution in [0.1, 0.15) is 33.3 Å². The first-order chi connectivity index (χ1) is 18.1. The second-order valence-electron chi connectivity index (χ2n) is 9.86. The van der Waals surface area contributed by atoms with E-state index in [4.69, 9.17) is 4.74 Å². The Morgan fingerprint density at radius 3 is 2.45 bits per heavy atom. The molecule has 38 heavy (non-hydrogen) atoms. The number of alkyl carbamates (subject to hydrolysis) is 1. The van der Waals surface area contributed by atoms with Gasteiger partial charge in [0.25, 0.3) is 0 Å². The highest BCUT2D eigenvalue weighted by Crippen LogP contribution is 2.31. The Labute approximate surface area is 221 Å². The van der Waals surface area contributed by atoms with Crippen molar-refractivity contribution in [2.75, 3.05) is 31.6 Å². The molecule has 11 nitrogen and oxygen atoms in total. The van der Waals surface area contributed by atoms with Crippen molar-refractivity contribution in [2.24, 2.45) is 5.41 Å². The Bertz CT molecular complexity index is 1280. The molecule has 0 radical (unpaired) electrons. The van der Waals surface area contributed by atoms with Crippen molar-refractivity contribution in [1.82, 2.24) is 25.5 Å². The lowest BCUT2D eigenvalue weighted by molar-refractivity contribution is 0.0986. The third-order valence-corrected chi connectivity index (χ3v) is 5.51. The van der Waals surface area contributed by atoms with Gasteiger partial charge in [0.1, 0.15) is 12.4 Å². The maximum Gasteiger partial charge on any atom is 0.407 e. The first-order valence-corrected chi connectivity index (χ1v) is 12.3. The van der Waals surface area contributed by atoms with Gasteiger partial charge in [-0.3, -0.25) is 10.3 Å². The number of ether oxygens (including phenoxy) is 1. The van der Waals surface area contributed by atoms with Gasteiger partial charge in [-0.15, -0.1) is 0 Å². The zero-order valence-corrected chi connectivity index (χ0v) is 22.1. The number of amides is 4. The number of fused-ring (bicyclic) bond motifs is 1. The third kappa shape index (κ3) is 8.05. The molecule has 202 valence electrons. The number of anilines is 1. The summed E-state index contributed by atoms with van der Waals surface area (Å²) in [5, 5.41) is 19.1. The summed E-state index contributed by atoms with van der Waals surface area (Å²) in [7, 11) is 0. The average molecular weight is 523 g/mol. The van der Waals surface area contributed by atoms with Gasteiger partial charge in [-0.1, -0.05) is 32.9 Å². The van der Waals surface area contributed by atoms with Crippen LogP contribution < -0.4 is 16.0 Å². The first-order valence-electron chi connectivity index (χ1n) is 12.3. The van der Waals surface area contributed by atoms with Crippen LogP contribution in [0.2, 0.25) is 0 Å². The smallest absolute Gasteiger partial charge is 0.407 e. The van der Waals surface area contributed by atoms with Gasteiger partial charge in [-0.25, -0.2) is 19.4 Å². The van der Waals surface area contributed by atoms with E-state index in [1.54, 1.807) is 24.7 Å². The van der Waals surface area contributed by atoms with Gasteiger partial charge in [-0.2, -0.15) is 0 Å². The summed E-state index contributed by atoms with van der Waals surface area (Å²) < 4.78 is 5.22. The fraction of sp³-hybridized carbons (Fsp3) is 0.370. The predicted octanol–water partition coefficient (Wildman–Crippen LogP) is 4.69. The molecular formula is C27H34N6O5. The van der Waals surface area contributed by atoms with Gasteiger partial charge in [0, 0.05) is 43.6 Å². The zero-order chi connectivity index (χ0) is 27.7. The lowest BCUT2D eigenvalue weighted by Crippen LogP contribution is -2.39. The van der Waals surface area contributed by atoms with E-state index < -0.39 is 12.2 Å². The molecule has 3 aromatic rings. The van der Waals surface area contributed by atoms with Crippen LogP contribution >= 0.6 is 0 Å². The molecule has 0 aliphatic rings. The number of pyridine rings is 2. The number of hydrogen-bond donors (Lipinski definition) is 4. The Morgan fingerprint density at radius 1 is 1.05 bits per heavy atom. The highest BCUT2D eigenvalue weighted by Gasteiger charge is 2.20. The molecule has 4 amide bonds. The SMILES string of the molecule is CCNC(=O)Nc1cc2c(-c3ccncc3)ccc(CNC(=O)OCCN(CC(C)(C)C)C(=O)O)c2cn1. The average Bonchev–Trinajstić information content (AvgIpc) is 2.86. The molecular weight excluding hydrogens is 488 g/mol. The summed E-state index contributed by atoms with van der Waals surface area (Å²) >= 11 is 0. The molecule has 0 bridgehead atoms. The third-order valence-electron chi connectivity index (χ3n) is 5.51. The molecule has 0 saturated heterocycles. The summed E-state index contributed by atoms with van der Waals surface area (Å²) in [4.78, 5) is 45.5. The van der Waals surface area contributed by atoms with E-state index in [1.807, 2.05) is 52.0 Å². The van der Waals surface area contributed by atoms with E-state index in [0.717, 1.165) is 27.5 Å². The maximum absolute atomic E-state index is 12.3. The minimum absolute atomic E-state index is 0.0631. The molecule has 1 aromatic carbocycles. The molecule has 0 fully saturated rings. The van der Waals surface area contributed by atoms with Crippen LogP contribution in [0.5, 0.6) is 0 Å². The van der Waals surface area contributed by atoms with Crippen LogP contribution in [0.15, 0.2) is 48.9 Å². The number of nitrogens with zero attached hydrogens (tertiary/aromatic N) is 3. The molecule has 4 N–H and O–H groups in total. The molecule has 0 aliphatic heterocycles. The van der Waals surface area contributed by atoms with Crippen LogP contribution in [0, 0.1) is 5.41 Å². The van der Waals surface area contributed by atoms with E-state index >= 15 is 0 Å². The largest absolute Gasteiger partial charge is 0.465 e. The molecule has 3 rings (SSSR count). The van der Waals surface area contributed by atoms with E-state index in [2.05, 4.69) is 25.9 Å². The van der Waals surface area contributed by atoms with Crippen molar-refractivity contribution in [3.8, 4) is 11.1 Å². The minimum Gasteiger partial charge on any atom is -0.465 e. The highest BCUT2D eigenvalue weighted by molar-refractivity contribution is 6.00. The monoisotopic (exact) mass is 522 g/mol. The topological polar surface area (TPSA) is 146 Å². The minimum atomic E-state index is -1.06. The molecule has 0 aliphatic carbocycles. The number of carbonyl (C=O) groups excluding carboxylic acids is 2. The van der Waals surface area contributed by atoms with E-state index in [1.165, 1.54) is 4.90 Å². The Hall–Kier alpha value is -4.41. The van der Waals surface area contributed by atoms with Crippen LogP contribution in [0.25, 0.3) is 21.9 Å². The fourth-order valence-electron chi connectivity index (χ4n) is 3.91. The number of benzene rings is 1. The Balaban J connectivity index is 1.74. The van der Waals surface area contributed by atoms with Gasteiger partial charge < -0.3 is 25.4 Å². The van der Waals surface area contributed by atoms with Crippen molar-refractivity contribution < 1.29 is 24.2 Å². The van der Waals surface area contributed by atoms with Crippen molar-refractivity contribution in [1.29, 1.82) is 0 Å². The maximum atomic E-state index is 12.3. The Kier molecular flexibility index (Phi) is 9.42. The normalized spacial score (nSPS) is 11.1. The second-order valence-corrected chi connectivity index (χ2v) is 9.86. The number of aromatic nitrogens is 2. The summed E-state index contributed by atoms with van der Waals surface area (Å²) in [6.07, 6.45) is 3.35. The number of hydrogen-bond acceptors (Lipinski definition) is 6. The van der Waals surface area contributed by atoms with Crippen LogP contribution in [0.4, 0.5) is 20.2 Å². The summed E-state index contributed by atoms with van der Waals surface area (Å²) in [6.45, 7) is 8.64. The van der Waals surface area contributed by atoms with Crippen molar-refractivity contribution in [3.05, 3.63) is 54.5 Å². The molecule has 2 aromatic heterocycles. The summed E-state index contributed by atoms with van der Waals surface area (Å²) in [5.41, 5.74) is 2.44. The Morgan fingerprint density at radius 2 is 1.79 bits per heavy atom. The molecule has 11 heteroatoms. The molecule has 0 saturated carbocycles. The van der Waals surface area contributed by atoms with Gasteiger partial charge in [-0.05, 0) is 52.6 Å². The molecule has 0 unspecified atom stereocenters. The standard InChI is InChI=1S/C27H34N6O5/c1-5-29-24(34)32-23-14-21-20(18-8-10-28-11-9-18)7-6-19(22(21)16-30-23)15-31-25(35)38-13-12-33(26(36)37)17-27(2,3)4/h6-11,14,16H,5,12-13,15,17H2,1-4H3,(H,31,35)(H,36,37)(H2,29,30,32,34). The first kappa shape index (κ1) is 28.2. The number of carbonyl (C=O) groups is 3. The van der Waals surface area contributed by atoms with Crippen LogP contribution in [0.3, 0.4) is 0 Å². The van der Waals surface area contributed by atoms with Gasteiger partial charge in [0.15, 0.2) is 0 Å². The summed E-state index contributed by atoms with van der Waals surface area (Å²) in [6, 6.07) is 9.05. The number of nitrogens with one attached hydrogen (secondary N) is 3. The highest BCUT2D eigenvalue weighted by atomic mass is 16.5. The molecule has 2 heterocycles. The van der Waals surface area contributed by atoms with Gasteiger partial charge in [0.2, 0.25) is 0 Å². The van der Waals surface area contributed by atoms with E-state index in [0.29, 0.717) is 18.9 Å². The lowest BCUT2D eigenvalue weighted by atomic mass is 9.96. The van der Waals surface area contributed by atoms with E-state index in [-0.39, 0.29) is 31.1 Å². The van der Waals surface area contributed by atoms with Gasteiger partial charge >= 0.3 is 18.2 Å². The van der Waals surface area contributed by atoms with E-state index in [9.17, 15) is 19.5 Å². The second kappa shape index (κ2) is 12.7. The fourth-order valence-corrected chi connectivity index (χ4v) is 3.91. The lowest BCUT2D eigenvalue weighted by Gasteiger charge is -2.27. The summed E-state index contributed by atoms with van der Waals surface area (Å²) in [5.74, 6) is 0.390. The number of urea groups is 1. The predicted molar refractivity (Wildman–Crippen MR) is 145 cm³/mol. The van der Waals surface area contributed by atoms with Crippen molar-refractivity contribution in [3.63, 3.8) is 0 Å². The van der Waals surface area contributed by atoms with Crippen LogP contribution in [-0.4, -0.2) is 64.4 Å². The van der Waals surface area contributed by atoms with Crippen molar-refractivity contribution >= 4 is 34.8 Å². The van der Waals surface area contributed by atoms with Gasteiger partial charge in [0.05, 0.1) is 6.54 Å². The number of rotatable bonds is 9.